The van der Waals surface area contributed by atoms with E-state index < -0.39 is 0 Å². The quantitative estimate of drug-likeness (QED) is 0.845. The van der Waals surface area contributed by atoms with Crippen molar-refractivity contribution in [2.45, 2.75) is 58.1 Å². The topological polar surface area (TPSA) is 21.3 Å². The Labute approximate surface area is 121 Å². The van der Waals surface area contributed by atoms with Crippen molar-refractivity contribution in [3.05, 3.63) is 35.1 Å². The molecule has 2 nitrogen and oxygen atoms in total. The Balaban J connectivity index is 2.10. The van der Waals surface area contributed by atoms with E-state index in [9.17, 15) is 4.39 Å². The van der Waals surface area contributed by atoms with Crippen molar-refractivity contribution < 1.29 is 9.13 Å². The molecule has 1 aromatic rings. The molecule has 0 radical (unpaired) electrons. The molecule has 20 heavy (non-hydrogen) atoms. The molecule has 1 aromatic carbocycles. The highest BCUT2D eigenvalue weighted by molar-refractivity contribution is 5.29. The molecule has 0 aromatic heterocycles. The molecule has 3 heteroatoms. The van der Waals surface area contributed by atoms with E-state index in [0.717, 1.165) is 43.5 Å². The zero-order valence-electron chi connectivity index (χ0n) is 12.6. The van der Waals surface area contributed by atoms with Gasteiger partial charge in [0.2, 0.25) is 0 Å². The monoisotopic (exact) mass is 279 g/mol. The highest BCUT2D eigenvalue weighted by Crippen LogP contribution is 2.27. The Bertz CT molecular complexity index is 415. The zero-order valence-corrected chi connectivity index (χ0v) is 12.6. The summed E-state index contributed by atoms with van der Waals surface area (Å²) in [6.07, 6.45) is 5.86. The van der Waals surface area contributed by atoms with E-state index in [0.29, 0.717) is 6.10 Å². The molecule has 2 atom stereocenters. The van der Waals surface area contributed by atoms with E-state index in [2.05, 4.69) is 19.2 Å². The van der Waals surface area contributed by atoms with Gasteiger partial charge in [-0.2, -0.15) is 0 Å². The minimum Gasteiger partial charge on any atom is -0.378 e. The molecule has 2 rings (SSSR count). The maximum absolute atomic E-state index is 13.5. The average Bonchev–Trinajstić information content (AvgIpc) is 2.47. The number of hydrogen-bond acceptors (Lipinski definition) is 2. The van der Waals surface area contributed by atoms with Crippen molar-refractivity contribution in [2.24, 2.45) is 0 Å². The number of hydrogen-bond donors (Lipinski definition) is 1. The third-order valence-corrected chi connectivity index (χ3v) is 4.03. The van der Waals surface area contributed by atoms with Crippen LogP contribution in [0.25, 0.3) is 0 Å². The van der Waals surface area contributed by atoms with Crippen LogP contribution in [0.3, 0.4) is 0 Å². The number of rotatable bonds is 6. The average molecular weight is 279 g/mol. The van der Waals surface area contributed by atoms with Crippen molar-refractivity contribution in [1.29, 1.82) is 0 Å². The fraction of sp³-hybridized carbons (Fsp3) is 0.647. The summed E-state index contributed by atoms with van der Waals surface area (Å²) in [5.74, 6) is -0.154. The van der Waals surface area contributed by atoms with Crippen LogP contribution in [0.15, 0.2) is 18.2 Å². The molecule has 112 valence electrons. The van der Waals surface area contributed by atoms with Crippen molar-refractivity contribution in [2.75, 3.05) is 13.2 Å². The SMILES string of the molecule is CCCNC(CC1CCCCO1)c1cc(F)ccc1C. The second-order valence-electron chi connectivity index (χ2n) is 5.73. The van der Waals surface area contributed by atoms with Gasteiger partial charge in [0.15, 0.2) is 0 Å². The first-order valence-electron chi connectivity index (χ1n) is 7.81. The van der Waals surface area contributed by atoms with E-state index in [-0.39, 0.29) is 11.9 Å². The van der Waals surface area contributed by atoms with E-state index >= 15 is 0 Å². The Morgan fingerprint density at radius 3 is 2.95 bits per heavy atom. The second kappa shape index (κ2) is 7.75. The van der Waals surface area contributed by atoms with Gasteiger partial charge in [-0.3, -0.25) is 0 Å². The summed E-state index contributed by atoms with van der Waals surface area (Å²) in [5, 5.41) is 3.55. The number of nitrogens with one attached hydrogen (secondary N) is 1. The highest BCUT2D eigenvalue weighted by atomic mass is 19.1. The minimum absolute atomic E-state index is 0.154. The molecule has 2 unspecified atom stereocenters. The molecule has 1 N–H and O–H groups in total. The molecule has 0 bridgehead atoms. The Morgan fingerprint density at radius 2 is 2.25 bits per heavy atom. The molecule has 1 aliphatic rings. The van der Waals surface area contributed by atoms with Crippen molar-refractivity contribution in [3.8, 4) is 0 Å². The Hall–Kier alpha value is -0.930. The van der Waals surface area contributed by atoms with Gasteiger partial charge < -0.3 is 10.1 Å². The predicted octanol–water partition coefficient (Wildman–Crippen LogP) is 4.13. The third-order valence-electron chi connectivity index (χ3n) is 4.03. The molecular weight excluding hydrogens is 253 g/mol. The van der Waals surface area contributed by atoms with E-state index in [4.69, 9.17) is 4.74 Å². The van der Waals surface area contributed by atoms with Crippen LogP contribution in [-0.2, 0) is 4.74 Å². The van der Waals surface area contributed by atoms with Crippen LogP contribution in [0.2, 0.25) is 0 Å². The summed E-state index contributed by atoms with van der Waals surface area (Å²) < 4.78 is 19.4. The van der Waals surface area contributed by atoms with Crippen molar-refractivity contribution in [1.82, 2.24) is 5.32 Å². The molecule has 0 spiro atoms. The van der Waals surface area contributed by atoms with Crippen LogP contribution >= 0.6 is 0 Å². The van der Waals surface area contributed by atoms with Gasteiger partial charge in [-0.15, -0.1) is 0 Å². The van der Waals surface area contributed by atoms with Gasteiger partial charge in [0, 0.05) is 12.6 Å². The first kappa shape index (κ1) is 15.5. The van der Waals surface area contributed by atoms with Crippen LogP contribution in [0, 0.1) is 12.7 Å². The van der Waals surface area contributed by atoms with Crippen LogP contribution in [0.4, 0.5) is 4.39 Å². The van der Waals surface area contributed by atoms with E-state index in [1.165, 1.54) is 18.9 Å². The number of halogens is 1. The number of benzene rings is 1. The molecular formula is C17H26FNO. The number of ether oxygens (including phenoxy) is 1. The largest absolute Gasteiger partial charge is 0.378 e. The van der Waals surface area contributed by atoms with E-state index in [1.807, 2.05) is 6.07 Å². The minimum atomic E-state index is -0.154. The summed E-state index contributed by atoms with van der Waals surface area (Å²) in [4.78, 5) is 0. The van der Waals surface area contributed by atoms with Crippen LogP contribution in [-0.4, -0.2) is 19.3 Å². The van der Waals surface area contributed by atoms with Gasteiger partial charge in [0.05, 0.1) is 6.10 Å². The smallest absolute Gasteiger partial charge is 0.123 e. The van der Waals surface area contributed by atoms with Gasteiger partial charge in [0.25, 0.3) is 0 Å². The molecule has 0 amide bonds. The normalized spacial score (nSPS) is 20.9. The summed E-state index contributed by atoms with van der Waals surface area (Å²) in [7, 11) is 0. The lowest BCUT2D eigenvalue weighted by Gasteiger charge is -2.28. The first-order valence-corrected chi connectivity index (χ1v) is 7.81. The van der Waals surface area contributed by atoms with Gasteiger partial charge in [-0.1, -0.05) is 13.0 Å². The number of aryl methyl sites for hydroxylation is 1. The Kier molecular flexibility index (Phi) is 5.99. The zero-order chi connectivity index (χ0) is 14.4. The van der Waals surface area contributed by atoms with Crippen LogP contribution in [0.1, 0.15) is 56.2 Å². The van der Waals surface area contributed by atoms with Gasteiger partial charge in [-0.05, 0) is 68.8 Å². The third kappa shape index (κ3) is 4.29. The maximum Gasteiger partial charge on any atom is 0.123 e. The fourth-order valence-electron chi connectivity index (χ4n) is 2.88. The predicted molar refractivity (Wildman–Crippen MR) is 80.4 cm³/mol. The van der Waals surface area contributed by atoms with Crippen molar-refractivity contribution >= 4 is 0 Å². The first-order chi connectivity index (χ1) is 9.70. The Morgan fingerprint density at radius 1 is 1.40 bits per heavy atom. The lowest BCUT2D eigenvalue weighted by Crippen LogP contribution is -2.29. The lowest BCUT2D eigenvalue weighted by atomic mass is 9.93. The molecule has 0 saturated carbocycles. The van der Waals surface area contributed by atoms with Gasteiger partial charge in [-0.25, -0.2) is 4.39 Å². The molecule has 0 aliphatic carbocycles. The fourth-order valence-corrected chi connectivity index (χ4v) is 2.88. The van der Waals surface area contributed by atoms with E-state index in [1.54, 1.807) is 6.07 Å². The van der Waals surface area contributed by atoms with Gasteiger partial charge >= 0.3 is 0 Å². The maximum atomic E-state index is 13.5. The summed E-state index contributed by atoms with van der Waals surface area (Å²) >= 11 is 0. The molecule has 1 aliphatic heterocycles. The van der Waals surface area contributed by atoms with Gasteiger partial charge in [0.1, 0.15) is 5.82 Å². The standard InChI is InChI=1S/C17H26FNO/c1-3-9-19-17(12-15-6-4-5-10-20-15)16-11-14(18)8-7-13(16)2/h7-8,11,15,17,19H,3-6,9-10,12H2,1-2H3. The second-order valence-corrected chi connectivity index (χ2v) is 5.73. The van der Waals surface area contributed by atoms with Crippen LogP contribution < -0.4 is 5.32 Å². The summed E-state index contributed by atoms with van der Waals surface area (Å²) in [5.41, 5.74) is 2.23. The summed E-state index contributed by atoms with van der Waals surface area (Å²) in [6, 6.07) is 5.26. The lowest BCUT2D eigenvalue weighted by molar-refractivity contribution is 0.00500. The summed E-state index contributed by atoms with van der Waals surface area (Å²) in [6.45, 7) is 6.03. The molecule has 1 heterocycles. The molecule has 1 saturated heterocycles. The molecule has 1 fully saturated rings. The van der Waals surface area contributed by atoms with Crippen LogP contribution in [0.5, 0.6) is 0 Å². The highest BCUT2D eigenvalue weighted by Gasteiger charge is 2.21. The van der Waals surface area contributed by atoms with Crippen molar-refractivity contribution in [3.63, 3.8) is 0 Å².